The van der Waals surface area contributed by atoms with Crippen LogP contribution in [-0.2, 0) is 0 Å². The molecule has 1 N–H and O–H groups in total. The first-order valence-corrected chi connectivity index (χ1v) is 6.18. The van der Waals surface area contributed by atoms with Crippen LogP contribution in [0.5, 0.6) is 5.75 Å². The van der Waals surface area contributed by atoms with E-state index in [9.17, 15) is 0 Å². The average molecular weight is 231 g/mol. The summed E-state index contributed by atoms with van der Waals surface area (Å²) in [4.78, 5) is 0. The molecule has 1 atom stereocenters. The van der Waals surface area contributed by atoms with Crippen molar-refractivity contribution in [3.05, 3.63) is 29.8 Å². The van der Waals surface area contributed by atoms with Crippen LogP contribution in [0.3, 0.4) is 0 Å². The number of para-hydroxylation sites is 1. The minimum Gasteiger partial charge on any atom is -0.494 e. The van der Waals surface area contributed by atoms with Gasteiger partial charge in [0.25, 0.3) is 0 Å². The van der Waals surface area contributed by atoms with Crippen LogP contribution < -0.4 is 10.1 Å². The van der Waals surface area contributed by atoms with Crippen molar-refractivity contribution in [1.29, 1.82) is 0 Å². The Morgan fingerprint density at radius 1 is 1.29 bits per heavy atom. The van der Waals surface area contributed by atoms with E-state index in [2.05, 4.69) is 30.1 Å². The second-order valence-corrected chi connectivity index (χ2v) is 3.71. The molecular weight excluding hydrogens is 210 g/mol. The monoisotopic (exact) mass is 231 g/mol. The van der Waals surface area contributed by atoms with Crippen molar-refractivity contribution in [2.45, 2.75) is 33.2 Å². The molecule has 92 valence electrons. The lowest BCUT2D eigenvalue weighted by Gasteiger charge is -2.19. The highest BCUT2D eigenvalue weighted by atomic mass is 16.5. The van der Waals surface area contributed by atoms with E-state index in [1.54, 1.807) is 0 Å². The second kappa shape index (κ2) is 7.76. The van der Waals surface area contributed by atoms with Crippen LogP contribution >= 0.6 is 0 Å². The average Bonchev–Trinajstić information content (AvgIpc) is 2.36. The molecule has 1 unspecified atom stereocenters. The summed E-state index contributed by atoms with van der Waals surface area (Å²) in [5.41, 5.74) is 1.19. The summed E-state index contributed by atoms with van der Waals surface area (Å²) in [6.07, 6.45) is 0.814. The zero-order chi connectivity index (χ0) is 12.5. The molecule has 1 aromatic carbocycles. The number of rotatable bonds is 6. The molecule has 1 aromatic rings. The summed E-state index contributed by atoms with van der Waals surface area (Å²) in [5, 5.41) is 3.45. The van der Waals surface area contributed by atoms with Crippen molar-refractivity contribution in [3.63, 3.8) is 0 Å². The summed E-state index contributed by atoms with van der Waals surface area (Å²) in [6, 6.07) is 8.41. The summed E-state index contributed by atoms with van der Waals surface area (Å²) in [5.74, 6) is 7.04. The molecule has 0 aliphatic rings. The summed E-state index contributed by atoms with van der Waals surface area (Å²) in [7, 11) is 0. The van der Waals surface area contributed by atoms with Gasteiger partial charge >= 0.3 is 0 Å². The lowest BCUT2D eigenvalue weighted by Crippen LogP contribution is -2.21. The summed E-state index contributed by atoms with van der Waals surface area (Å²) in [6.45, 7) is 7.60. The van der Waals surface area contributed by atoms with Gasteiger partial charge in [0.15, 0.2) is 0 Å². The number of hydrogen-bond donors (Lipinski definition) is 1. The SMILES string of the molecule is CC#CCC(NCC)c1ccccc1OCC. The van der Waals surface area contributed by atoms with E-state index in [0.29, 0.717) is 6.61 Å². The first-order chi connectivity index (χ1) is 8.33. The Kier molecular flexibility index (Phi) is 6.21. The van der Waals surface area contributed by atoms with Gasteiger partial charge in [-0.25, -0.2) is 0 Å². The third-order valence-corrected chi connectivity index (χ3v) is 2.53. The number of nitrogens with one attached hydrogen (secondary N) is 1. The van der Waals surface area contributed by atoms with E-state index >= 15 is 0 Å². The van der Waals surface area contributed by atoms with Crippen molar-refractivity contribution >= 4 is 0 Å². The van der Waals surface area contributed by atoms with Crippen LogP contribution in [0.1, 0.15) is 38.8 Å². The molecule has 2 nitrogen and oxygen atoms in total. The molecule has 0 radical (unpaired) electrons. The zero-order valence-corrected chi connectivity index (χ0v) is 10.9. The van der Waals surface area contributed by atoms with Crippen LogP contribution in [0.15, 0.2) is 24.3 Å². The summed E-state index contributed by atoms with van der Waals surface area (Å²) < 4.78 is 5.66. The standard InChI is InChI=1S/C15H21NO/c1-4-7-11-14(16-5-2)13-10-8-9-12-15(13)17-6-3/h8-10,12,14,16H,5-6,11H2,1-3H3. The predicted octanol–water partition coefficient (Wildman–Crippen LogP) is 3.15. The normalized spacial score (nSPS) is 11.5. The van der Waals surface area contributed by atoms with Crippen molar-refractivity contribution in [3.8, 4) is 17.6 Å². The number of benzene rings is 1. The molecule has 0 saturated carbocycles. The number of hydrogen-bond acceptors (Lipinski definition) is 2. The van der Waals surface area contributed by atoms with Crippen LogP contribution in [0.4, 0.5) is 0 Å². The maximum atomic E-state index is 5.66. The van der Waals surface area contributed by atoms with Crippen molar-refractivity contribution in [1.82, 2.24) is 5.32 Å². The molecule has 0 saturated heterocycles. The topological polar surface area (TPSA) is 21.3 Å². The molecule has 0 bridgehead atoms. The van der Waals surface area contributed by atoms with Crippen LogP contribution in [-0.4, -0.2) is 13.2 Å². The van der Waals surface area contributed by atoms with Gasteiger partial charge in [-0.2, -0.15) is 0 Å². The zero-order valence-electron chi connectivity index (χ0n) is 10.9. The quantitative estimate of drug-likeness (QED) is 0.759. The fraction of sp³-hybridized carbons (Fsp3) is 0.467. The Balaban J connectivity index is 2.93. The molecule has 0 aliphatic carbocycles. The molecule has 2 heteroatoms. The van der Waals surface area contributed by atoms with Gasteiger partial charge in [-0.3, -0.25) is 0 Å². The maximum Gasteiger partial charge on any atom is 0.124 e. The van der Waals surface area contributed by atoms with E-state index < -0.39 is 0 Å². The molecule has 0 aromatic heterocycles. The predicted molar refractivity (Wildman–Crippen MR) is 72.1 cm³/mol. The Hall–Kier alpha value is -1.46. The van der Waals surface area contributed by atoms with Gasteiger partial charge < -0.3 is 10.1 Å². The van der Waals surface area contributed by atoms with Crippen LogP contribution in [0.2, 0.25) is 0 Å². The molecule has 1 rings (SSSR count). The molecule has 0 amide bonds. The van der Waals surface area contributed by atoms with Crippen LogP contribution in [0, 0.1) is 11.8 Å². The smallest absolute Gasteiger partial charge is 0.124 e. The molecule has 0 heterocycles. The van der Waals surface area contributed by atoms with Gasteiger partial charge in [0.05, 0.1) is 6.61 Å². The Labute approximate surface area is 104 Å². The van der Waals surface area contributed by atoms with Gasteiger partial charge in [-0.1, -0.05) is 25.1 Å². The third-order valence-electron chi connectivity index (χ3n) is 2.53. The van der Waals surface area contributed by atoms with Crippen molar-refractivity contribution < 1.29 is 4.74 Å². The van der Waals surface area contributed by atoms with Gasteiger partial charge in [-0.05, 0) is 26.5 Å². The minimum absolute atomic E-state index is 0.246. The molecule has 0 spiro atoms. The molecule has 0 fully saturated rings. The highest BCUT2D eigenvalue weighted by Crippen LogP contribution is 2.26. The second-order valence-electron chi connectivity index (χ2n) is 3.71. The summed E-state index contributed by atoms with van der Waals surface area (Å²) >= 11 is 0. The van der Waals surface area contributed by atoms with Gasteiger partial charge in [0.2, 0.25) is 0 Å². The highest BCUT2D eigenvalue weighted by Gasteiger charge is 2.13. The lowest BCUT2D eigenvalue weighted by molar-refractivity contribution is 0.331. The largest absolute Gasteiger partial charge is 0.494 e. The van der Waals surface area contributed by atoms with Gasteiger partial charge in [0, 0.05) is 18.0 Å². The Bertz CT molecular complexity index is 389. The van der Waals surface area contributed by atoms with E-state index in [1.165, 1.54) is 5.56 Å². The fourth-order valence-corrected chi connectivity index (χ4v) is 1.80. The Morgan fingerprint density at radius 3 is 2.71 bits per heavy atom. The molecule has 0 aliphatic heterocycles. The van der Waals surface area contributed by atoms with Crippen LogP contribution in [0.25, 0.3) is 0 Å². The van der Waals surface area contributed by atoms with Crippen molar-refractivity contribution in [2.24, 2.45) is 0 Å². The number of ether oxygens (including phenoxy) is 1. The van der Waals surface area contributed by atoms with Crippen molar-refractivity contribution in [2.75, 3.05) is 13.2 Å². The first kappa shape index (κ1) is 13.6. The molecular formula is C15H21NO. The minimum atomic E-state index is 0.246. The van der Waals surface area contributed by atoms with E-state index in [4.69, 9.17) is 4.74 Å². The fourth-order valence-electron chi connectivity index (χ4n) is 1.80. The van der Waals surface area contributed by atoms with E-state index in [0.717, 1.165) is 18.7 Å². The Morgan fingerprint density at radius 2 is 2.06 bits per heavy atom. The highest BCUT2D eigenvalue weighted by molar-refractivity contribution is 5.36. The van der Waals surface area contributed by atoms with Gasteiger partial charge in [0.1, 0.15) is 5.75 Å². The van der Waals surface area contributed by atoms with E-state index in [-0.39, 0.29) is 6.04 Å². The van der Waals surface area contributed by atoms with Gasteiger partial charge in [-0.15, -0.1) is 11.8 Å². The van der Waals surface area contributed by atoms with E-state index in [1.807, 2.05) is 32.0 Å². The maximum absolute atomic E-state index is 5.66. The molecule has 17 heavy (non-hydrogen) atoms. The first-order valence-electron chi connectivity index (χ1n) is 6.18. The third kappa shape index (κ3) is 4.13. The lowest BCUT2D eigenvalue weighted by atomic mass is 10.0.